The highest BCUT2D eigenvalue weighted by Crippen LogP contribution is 2.39. The van der Waals surface area contributed by atoms with Gasteiger partial charge in [0.05, 0.1) is 6.61 Å². The molecule has 3 heteroatoms. The van der Waals surface area contributed by atoms with E-state index in [4.69, 9.17) is 10.5 Å². The van der Waals surface area contributed by atoms with Gasteiger partial charge in [-0.05, 0) is 37.0 Å². The predicted octanol–water partition coefficient (Wildman–Crippen LogP) is 1.61. The van der Waals surface area contributed by atoms with Crippen LogP contribution in [0.2, 0.25) is 0 Å². The Morgan fingerprint density at radius 2 is 2.31 bits per heavy atom. The number of aryl methyl sites for hydroxylation is 1. The number of nitrogens with two attached hydrogens (primary N) is 1. The number of phenolic OH excluding ortho intramolecular Hbond substituents is 1. The molecule has 1 aliphatic rings. The second-order valence-electron chi connectivity index (χ2n) is 3.39. The lowest BCUT2D eigenvalue weighted by Crippen LogP contribution is -2.11. The molecule has 70 valence electrons. The first-order chi connectivity index (χ1) is 6.20. The van der Waals surface area contributed by atoms with E-state index < -0.39 is 0 Å². The number of hydrogen-bond acceptors (Lipinski definition) is 3. The van der Waals surface area contributed by atoms with Crippen molar-refractivity contribution in [2.45, 2.75) is 19.8 Å². The summed E-state index contributed by atoms with van der Waals surface area (Å²) in [6, 6.07) is 1.70. The van der Waals surface area contributed by atoms with E-state index in [-0.39, 0.29) is 5.75 Å². The van der Waals surface area contributed by atoms with Crippen molar-refractivity contribution in [3.63, 3.8) is 0 Å². The van der Waals surface area contributed by atoms with E-state index in [1.807, 2.05) is 6.92 Å². The molecule has 3 N–H and O–H groups in total. The Hall–Kier alpha value is -1.38. The molecule has 0 saturated carbocycles. The molecule has 0 spiro atoms. The molecular formula is C10H13NO2. The summed E-state index contributed by atoms with van der Waals surface area (Å²) in [6.45, 7) is 2.66. The molecule has 0 aromatic heterocycles. The van der Waals surface area contributed by atoms with Crippen molar-refractivity contribution in [3.05, 3.63) is 17.2 Å². The van der Waals surface area contributed by atoms with Crippen LogP contribution in [-0.4, -0.2) is 11.7 Å². The maximum absolute atomic E-state index is 9.45. The van der Waals surface area contributed by atoms with Crippen LogP contribution in [0.4, 0.5) is 5.69 Å². The van der Waals surface area contributed by atoms with Gasteiger partial charge >= 0.3 is 0 Å². The van der Waals surface area contributed by atoms with E-state index in [1.165, 1.54) is 0 Å². The van der Waals surface area contributed by atoms with Crippen molar-refractivity contribution in [1.29, 1.82) is 0 Å². The van der Waals surface area contributed by atoms with Crippen molar-refractivity contribution >= 4 is 5.69 Å². The molecular weight excluding hydrogens is 166 g/mol. The summed E-state index contributed by atoms with van der Waals surface area (Å²) in [5, 5.41) is 9.45. The largest absolute Gasteiger partial charge is 0.506 e. The normalized spacial score (nSPS) is 14.8. The SMILES string of the molecule is Cc1cc(O)c(N)c2c1CCCO2. The van der Waals surface area contributed by atoms with E-state index in [0.717, 1.165) is 24.0 Å². The number of anilines is 1. The van der Waals surface area contributed by atoms with Crippen molar-refractivity contribution in [2.24, 2.45) is 0 Å². The van der Waals surface area contributed by atoms with Crippen LogP contribution in [0.1, 0.15) is 17.5 Å². The minimum Gasteiger partial charge on any atom is -0.506 e. The molecule has 0 bridgehead atoms. The topological polar surface area (TPSA) is 55.5 Å². The van der Waals surface area contributed by atoms with E-state index in [9.17, 15) is 5.11 Å². The lowest BCUT2D eigenvalue weighted by Gasteiger charge is -2.21. The number of ether oxygens (including phenoxy) is 1. The average Bonchev–Trinajstić information content (AvgIpc) is 2.15. The van der Waals surface area contributed by atoms with Gasteiger partial charge in [-0.15, -0.1) is 0 Å². The first-order valence-corrected chi connectivity index (χ1v) is 4.44. The second-order valence-corrected chi connectivity index (χ2v) is 3.39. The summed E-state index contributed by atoms with van der Waals surface area (Å²) >= 11 is 0. The van der Waals surface area contributed by atoms with Gasteiger partial charge in [-0.1, -0.05) is 0 Å². The summed E-state index contributed by atoms with van der Waals surface area (Å²) in [4.78, 5) is 0. The molecule has 0 atom stereocenters. The Bertz CT molecular complexity index is 347. The van der Waals surface area contributed by atoms with E-state index in [2.05, 4.69) is 0 Å². The zero-order valence-electron chi connectivity index (χ0n) is 7.63. The lowest BCUT2D eigenvalue weighted by molar-refractivity contribution is 0.288. The molecule has 0 saturated heterocycles. The Labute approximate surface area is 77.1 Å². The van der Waals surface area contributed by atoms with Crippen molar-refractivity contribution in [2.75, 3.05) is 12.3 Å². The molecule has 0 aliphatic carbocycles. The Morgan fingerprint density at radius 1 is 1.54 bits per heavy atom. The monoisotopic (exact) mass is 179 g/mol. The third kappa shape index (κ3) is 1.20. The first-order valence-electron chi connectivity index (χ1n) is 4.44. The first kappa shape index (κ1) is 8.23. The highest BCUT2D eigenvalue weighted by molar-refractivity contribution is 5.67. The summed E-state index contributed by atoms with van der Waals surface area (Å²) in [5.41, 5.74) is 8.27. The lowest BCUT2D eigenvalue weighted by atomic mass is 9.99. The van der Waals surface area contributed by atoms with Crippen LogP contribution in [-0.2, 0) is 6.42 Å². The molecule has 0 fully saturated rings. The predicted molar refractivity (Wildman–Crippen MR) is 51.1 cm³/mol. The second kappa shape index (κ2) is 2.83. The molecule has 13 heavy (non-hydrogen) atoms. The summed E-state index contributed by atoms with van der Waals surface area (Å²) < 4.78 is 5.43. The number of aromatic hydroxyl groups is 1. The Morgan fingerprint density at radius 3 is 3.08 bits per heavy atom. The quantitative estimate of drug-likeness (QED) is 0.470. The van der Waals surface area contributed by atoms with E-state index >= 15 is 0 Å². The van der Waals surface area contributed by atoms with Gasteiger partial charge in [-0.2, -0.15) is 0 Å². The fourth-order valence-electron chi connectivity index (χ4n) is 1.73. The molecule has 0 unspecified atom stereocenters. The van der Waals surface area contributed by atoms with Gasteiger partial charge in [0.1, 0.15) is 17.2 Å². The van der Waals surface area contributed by atoms with Crippen molar-refractivity contribution in [3.8, 4) is 11.5 Å². The molecule has 1 aromatic carbocycles. The summed E-state index contributed by atoms with van der Waals surface area (Å²) in [5.74, 6) is 0.807. The fraction of sp³-hybridized carbons (Fsp3) is 0.400. The van der Waals surface area contributed by atoms with E-state index in [1.54, 1.807) is 6.07 Å². The molecule has 1 heterocycles. The van der Waals surface area contributed by atoms with Crippen LogP contribution in [0, 0.1) is 6.92 Å². The smallest absolute Gasteiger partial charge is 0.149 e. The number of nitrogen functional groups attached to an aromatic ring is 1. The highest BCUT2D eigenvalue weighted by atomic mass is 16.5. The minimum atomic E-state index is 0.123. The maximum atomic E-state index is 9.45. The van der Waals surface area contributed by atoms with Crippen LogP contribution in [0.3, 0.4) is 0 Å². The molecule has 2 rings (SSSR count). The van der Waals surface area contributed by atoms with Gasteiger partial charge in [0.2, 0.25) is 0 Å². The van der Waals surface area contributed by atoms with Crippen LogP contribution in [0.25, 0.3) is 0 Å². The third-order valence-corrected chi connectivity index (χ3v) is 2.44. The Balaban J connectivity index is 2.63. The number of benzene rings is 1. The van der Waals surface area contributed by atoms with Crippen molar-refractivity contribution < 1.29 is 9.84 Å². The van der Waals surface area contributed by atoms with Gasteiger partial charge < -0.3 is 15.6 Å². The van der Waals surface area contributed by atoms with Crippen molar-refractivity contribution in [1.82, 2.24) is 0 Å². The maximum Gasteiger partial charge on any atom is 0.149 e. The van der Waals surface area contributed by atoms with Gasteiger partial charge in [0, 0.05) is 0 Å². The van der Waals surface area contributed by atoms with E-state index in [0.29, 0.717) is 18.0 Å². The van der Waals surface area contributed by atoms with Gasteiger partial charge in [-0.3, -0.25) is 0 Å². The molecule has 3 nitrogen and oxygen atoms in total. The summed E-state index contributed by atoms with van der Waals surface area (Å²) in [6.07, 6.45) is 2.02. The molecule has 1 aromatic rings. The average molecular weight is 179 g/mol. The molecule has 1 aliphatic heterocycles. The van der Waals surface area contributed by atoms with Crippen LogP contribution in [0.15, 0.2) is 6.07 Å². The highest BCUT2D eigenvalue weighted by Gasteiger charge is 2.18. The Kier molecular flexibility index (Phi) is 1.79. The molecule has 0 amide bonds. The van der Waals surface area contributed by atoms with Gasteiger partial charge in [0.15, 0.2) is 0 Å². The van der Waals surface area contributed by atoms with Gasteiger partial charge in [-0.25, -0.2) is 0 Å². The van der Waals surface area contributed by atoms with Crippen LogP contribution < -0.4 is 10.5 Å². The zero-order chi connectivity index (χ0) is 9.42. The molecule has 0 radical (unpaired) electrons. The third-order valence-electron chi connectivity index (χ3n) is 2.44. The number of fused-ring (bicyclic) bond motifs is 1. The minimum absolute atomic E-state index is 0.123. The van der Waals surface area contributed by atoms with Gasteiger partial charge in [0.25, 0.3) is 0 Å². The fourth-order valence-corrected chi connectivity index (χ4v) is 1.73. The number of hydrogen-bond donors (Lipinski definition) is 2. The van der Waals surface area contributed by atoms with Crippen LogP contribution >= 0.6 is 0 Å². The number of phenols is 1. The standard InChI is InChI=1S/C10H13NO2/c1-6-5-8(12)9(11)10-7(6)3-2-4-13-10/h5,12H,2-4,11H2,1H3. The van der Waals surface area contributed by atoms with Crippen LogP contribution in [0.5, 0.6) is 11.5 Å². The zero-order valence-corrected chi connectivity index (χ0v) is 7.63. The number of rotatable bonds is 0. The summed E-state index contributed by atoms with van der Waals surface area (Å²) in [7, 11) is 0.